The van der Waals surface area contributed by atoms with Crippen LogP contribution < -0.4 is 0 Å². The van der Waals surface area contributed by atoms with E-state index in [1.165, 1.54) is 0 Å². The molecule has 2 aromatic heterocycles. The molecule has 0 bridgehead atoms. The van der Waals surface area contributed by atoms with Gasteiger partial charge in [0.1, 0.15) is 5.69 Å². The van der Waals surface area contributed by atoms with E-state index in [2.05, 4.69) is 28.9 Å². The number of rotatable bonds is 5. The molecule has 1 N–H and O–H groups in total. The number of sulfone groups is 1. The highest BCUT2D eigenvalue weighted by atomic mass is 32.2. The highest BCUT2D eigenvalue weighted by Gasteiger charge is 2.16. The molecule has 1 unspecified atom stereocenters. The fourth-order valence-corrected chi connectivity index (χ4v) is 3.40. The van der Waals surface area contributed by atoms with E-state index in [-0.39, 0.29) is 11.8 Å². The minimum atomic E-state index is -3.23. The van der Waals surface area contributed by atoms with Crippen LogP contribution >= 0.6 is 0 Å². The summed E-state index contributed by atoms with van der Waals surface area (Å²) in [6.07, 6.45) is 2.72. The highest BCUT2D eigenvalue weighted by Crippen LogP contribution is 2.25. The number of nitrogens with zero attached hydrogens (tertiary/aromatic N) is 3. The summed E-state index contributed by atoms with van der Waals surface area (Å²) in [5.41, 5.74) is 2.36. The molecule has 0 aliphatic heterocycles. The maximum absolute atomic E-state index is 12.0. The molecule has 0 amide bonds. The van der Waals surface area contributed by atoms with Crippen LogP contribution in [0.2, 0.25) is 0 Å². The molecule has 1 aromatic carbocycles. The first kappa shape index (κ1) is 15.7. The predicted molar refractivity (Wildman–Crippen MR) is 90.0 cm³/mol. The third-order valence-corrected chi connectivity index (χ3v) is 5.85. The summed E-state index contributed by atoms with van der Waals surface area (Å²) in [6, 6.07) is 7.17. The highest BCUT2D eigenvalue weighted by molar-refractivity contribution is 7.91. The van der Waals surface area contributed by atoms with E-state index < -0.39 is 9.84 Å². The van der Waals surface area contributed by atoms with Gasteiger partial charge in [-0.2, -0.15) is 5.10 Å². The fourth-order valence-electron chi connectivity index (χ4n) is 2.50. The molecular weight excluding hydrogens is 312 g/mol. The Balaban J connectivity index is 2.10. The summed E-state index contributed by atoms with van der Waals surface area (Å²) in [7, 11) is -3.23. The number of imidazole rings is 1. The van der Waals surface area contributed by atoms with Crippen LogP contribution in [0, 0.1) is 0 Å². The van der Waals surface area contributed by atoms with Crippen LogP contribution in [0.15, 0.2) is 35.4 Å². The molecule has 1 atom stereocenters. The number of benzene rings is 1. The lowest BCUT2D eigenvalue weighted by Gasteiger charge is -2.11. The molecule has 3 rings (SSSR count). The third-order valence-electron chi connectivity index (χ3n) is 4.11. The van der Waals surface area contributed by atoms with Crippen molar-refractivity contribution in [3.8, 4) is 11.5 Å². The van der Waals surface area contributed by atoms with Crippen molar-refractivity contribution in [3.63, 3.8) is 0 Å². The third kappa shape index (κ3) is 2.76. The molecule has 2 heterocycles. The number of fused-ring (bicyclic) bond motifs is 1. The summed E-state index contributed by atoms with van der Waals surface area (Å²) in [5, 5.41) is 4.36. The lowest BCUT2D eigenvalue weighted by Crippen LogP contribution is -2.07. The van der Waals surface area contributed by atoms with Crippen LogP contribution in [-0.4, -0.2) is 33.9 Å². The number of hydrogen-bond donors (Lipinski definition) is 1. The molecular formula is C16H20N4O2S. The van der Waals surface area contributed by atoms with Crippen LogP contribution in [0.4, 0.5) is 0 Å². The number of nitrogens with one attached hydrogen (secondary N) is 1. The second-order valence-electron chi connectivity index (χ2n) is 5.59. The molecule has 7 heteroatoms. The van der Waals surface area contributed by atoms with E-state index in [4.69, 9.17) is 0 Å². The zero-order valence-corrected chi connectivity index (χ0v) is 14.3. The second-order valence-corrected chi connectivity index (χ2v) is 7.86. The standard InChI is InChI=1S/C16H20N4O2S/c1-4-11(3)20-15(8-9-17-20)16-18-13-7-6-12(10-14(13)19-16)23(21,22)5-2/h6-11H,4-5H2,1-3H3,(H,18,19). The average molecular weight is 332 g/mol. The predicted octanol–water partition coefficient (Wildman–Crippen LogP) is 3.19. The molecule has 122 valence electrons. The van der Waals surface area contributed by atoms with Crippen LogP contribution in [0.3, 0.4) is 0 Å². The van der Waals surface area contributed by atoms with Crippen LogP contribution in [0.5, 0.6) is 0 Å². The minimum Gasteiger partial charge on any atom is -0.337 e. The minimum absolute atomic E-state index is 0.0836. The first-order chi connectivity index (χ1) is 11.0. The Morgan fingerprint density at radius 1 is 1.26 bits per heavy atom. The van der Waals surface area contributed by atoms with Gasteiger partial charge in [-0.05, 0) is 37.6 Å². The van der Waals surface area contributed by atoms with Crippen LogP contribution in [0.1, 0.15) is 33.2 Å². The molecule has 6 nitrogen and oxygen atoms in total. The summed E-state index contributed by atoms with van der Waals surface area (Å²) < 4.78 is 26.0. The zero-order chi connectivity index (χ0) is 16.6. The molecule has 0 saturated carbocycles. The quantitative estimate of drug-likeness (QED) is 0.778. The van der Waals surface area contributed by atoms with E-state index in [1.807, 2.05) is 10.7 Å². The maximum Gasteiger partial charge on any atom is 0.178 e. The molecule has 0 aliphatic rings. The lowest BCUT2D eigenvalue weighted by molar-refractivity contribution is 0.482. The fraction of sp³-hybridized carbons (Fsp3) is 0.375. The van der Waals surface area contributed by atoms with Crippen molar-refractivity contribution in [2.75, 3.05) is 5.75 Å². The lowest BCUT2D eigenvalue weighted by atomic mass is 10.2. The summed E-state index contributed by atoms with van der Waals surface area (Å²) in [6.45, 7) is 5.85. The summed E-state index contributed by atoms with van der Waals surface area (Å²) in [5.74, 6) is 0.782. The van der Waals surface area contributed by atoms with Crippen molar-refractivity contribution >= 4 is 20.9 Å². The molecule has 23 heavy (non-hydrogen) atoms. The van der Waals surface area contributed by atoms with Crippen LogP contribution in [0.25, 0.3) is 22.6 Å². The van der Waals surface area contributed by atoms with Gasteiger partial charge in [0.2, 0.25) is 0 Å². The van der Waals surface area contributed by atoms with Gasteiger partial charge < -0.3 is 4.98 Å². The average Bonchev–Trinajstić information content (AvgIpc) is 3.19. The van der Waals surface area contributed by atoms with E-state index >= 15 is 0 Å². The zero-order valence-electron chi connectivity index (χ0n) is 13.4. The van der Waals surface area contributed by atoms with Crippen molar-refractivity contribution in [2.45, 2.75) is 38.1 Å². The Morgan fingerprint density at radius 2 is 2.04 bits per heavy atom. The van der Waals surface area contributed by atoms with Crippen molar-refractivity contribution in [1.82, 2.24) is 19.7 Å². The maximum atomic E-state index is 12.0. The van der Waals surface area contributed by atoms with Crippen molar-refractivity contribution in [1.29, 1.82) is 0 Å². The van der Waals surface area contributed by atoms with Gasteiger partial charge in [0.25, 0.3) is 0 Å². The topological polar surface area (TPSA) is 80.6 Å². The van der Waals surface area contributed by atoms with Gasteiger partial charge in [-0.15, -0.1) is 0 Å². The van der Waals surface area contributed by atoms with Gasteiger partial charge in [-0.3, -0.25) is 4.68 Å². The SMILES string of the molecule is CCC(C)n1nccc1-c1nc2ccc(S(=O)(=O)CC)cc2[nH]1. The molecule has 0 spiro atoms. The molecule has 0 aliphatic carbocycles. The van der Waals surface area contributed by atoms with E-state index in [0.29, 0.717) is 16.2 Å². The number of hydrogen-bond acceptors (Lipinski definition) is 4. The Labute approximate surface area is 135 Å². The Bertz CT molecular complexity index is 940. The summed E-state index contributed by atoms with van der Waals surface area (Å²) in [4.78, 5) is 8.11. The Hall–Kier alpha value is -2.15. The van der Waals surface area contributed by atoms with Gasteiger partial charge >= 0.3 is 0 Å². The Kier molecular flexibility index (Phi) is 3.97. The van der Waals surface area contributed by atoms with E-state index in [0.717, 1.165) is 17.6 Å². The van der Waals surface area contributed by atoms with Gasteiger partial charge in [0.05, 0.1) is 21.7 Å². The molecule has 0 radical (unpaired) electrons. The number of aromatic amines is 1. The normalized spacial score (nSPS) is 13.5. The van der Waals surface area contributed by atoms with E-state index in [9.17, 15) is 8.42 Å². The molecule has 3 aromatic rings. The van der Waals surface area contributed by atoms with E-state index in [1.54, 1.807) is 31.3 Å². The smallest absolute Gasteiger partial charge is 0.178 e. The van der Waals surface area contributed by atoms with Crippen molar-refractivity contribution in [3.05, 3.63) is 30.5 Å². The summed E-state index contributed by atoms with van der Waals surface area (Å²) >= 11 is 0. The van der Waals surface area contributed by atoms with Crippen molar-refractivity contribution in [2.24, 2.45) is 0 Å². The monoisotopic (exact) mass is 332 g/mol. The number of H-pyrrole nitrogens is 1. The first-order valence-electron chi connectivity index (χ1n) is 7.72. The molecule has 0 saturated heterocycles. The number of aromatic nitrogens is 4. The largest absolute Gasteiger partial charge is 0.337 e. The van der Waals surface area contributed by atoms with Crippen LogP contribution in [-0.2, 0) is 9.84 Å². The van der Waals surface area contributed by atoms with Gasteiger partial charge in [0, 0.05) is 12.2 Å². The second kappa shape index (κ2) is 5.81. The first-order valence-corrected chi connectivity index (χ1v) is 9.38. The van der Waals surface area contributed by atoms with Gasteiger partial charge in [0.15, 0.2) is 15.7 Å². The Morgan fingerprint density at radius 3 is 2.74 bits per heavy atom. The van der Waals surface area contributed by atoms with Gasteiger partial charge in [-0.1, -0.05) is 13.8 Å². The molecule has 0 fully saturated rings. The van der Waals surface area contributed by atoms with Crippen molar-refractivity contribution < 1.29 is 8.42 Å². The van der Waals surface area contributed by atoms with Gasteiger partial charge in [-0.25, -0.2) is 13.4 Å².